The number of hydrogen-bond acceptors (Lipinski definition) is 4. The molecule has 0 aliphatic heterocycles. The van der Waals surface area contributed by atoms with Crippen molar-refractivity contribution in [2.45, 2.75) is 19.8 Å². The molecule has 0 fully saturated rings. The van der Waals surface area contributed by atoms with Crippen LogP contribution < -0.4 is 9.54 Å². The lowest BCUT2D eigenvalue weighted by Gasteiger charge is -2.14. The van der Waals surface area contributed by atoms with E-state index in [4.69, 9.17) is 5.11 Å². The van der Waals surface area contributed by atoms with Crippen molar-refractivity contribution in [2.24, 2.45) is 4.99 Å². The maximum Gasteiger partial charge on any atom is 0.573 e. The number of benzene rings is 2. The maximum atomic E-state index is 12.7. The number of hydrogen-bond donors (Lipinski definition) is 1. The number of alkyl halides is 3. The van der Waals surface area contributed by atoms with Crippen molar-refractivity contribution in [3.63, 3.8) is 0 Å². The van der Waals surface area contributed by atoms with Crippen molar-refractivity contribution < 1.29 is 27.8 Å². The number of nitrogens with zero attached hydrogens (tertiary/aromatic N) is 2. The van der Waals surface area contributed by atoms with Gasteiger partial charge in [0.1, 0.15) is 5.75 Å². The van der Waals surface area contributed by atoms with Gasteiger partial charge in [0, 0.05) is 17.5 Å². The Morgan fingerprint density at radius 2 is 1.86 bits per heavy atom. The molecule has 9 heteroatoms. The molecule has 0 radical (unpaired) electrons. The van der Waals surface area contributed by atoms with Crippen LogP contribution in [-0.2, 0) is 6.54 Å². The molecule has 0 unspecified atom stereocenters. The van der Waals surface area contributed by atoms with Crippen molar-refractivity contribution in [2.75, 3.05) is 0 Å². The monoisotopic (exact) mass is 408 g/mol. The van der Waals surface area contributed by atoms with Crippen LogP contribution in [0, 0.1) is 0 Å². The lowest BCUT2D eigenvalue weighted by molar-refractivity contribution is -0.274. The first-order chi connectivity index (χ1) is 13.3. The molecule has 0 bridgehead atoms. The van der Waals surface area contributed by atoms with Gasteiger partial charge in [-0.3, -0.25) is 0 Å². The molecule has 146 valence electrons. The van der Waals surface area contributed by atoms with Gasteiger partial charge < -0.3 is 14.4 Å². The largest absolute Gasteiger partial charge is 0.573 e. The first-order valence-corrected chi connectivity index (χ1v) is 9.08. The molecule has 0 aliphatic carbocycles. The third kappa shape index (κ3) is 4.42. The Morgan fingerprint density at radius 3 is 2.46 bits per heavy atom. The molecule has 2 aromatic carbocycles. The van der Waals surface area contributed by atoms with Crippen LogP contribution in [0.25, 0.3) is 11.3 Å². The van der Waals surface area contributed by atoms with Crippen molar-refractivity contribution in [1.29, 1.82) is 0 Å². The molecule has 28 heavy (non-hydrogen) atoms. The molecule has 1 heterocycles. The average molecular weight is 408 g/mol. The molecule has 3 aromatic rings. The first kappa shape index (κ1) is 19.7. The van der Waals surface area contributed by atoms with Crippen molar-refractivity contribution in [1.82, 2.24) is 4.57 Å². The second-order valence-corrected chi connectivity index (χ2v) is 6.49. The molecule has 3 rings (SSSR count). The number of carbonyl (C=O) groups is 1. The van der Waals surface area contributed by atoms with Gasteiger partial charge in [-0.2, -0.15) is 0 Å². The maximum absolute atomic E-state index is 12.7. The standard InChI is InChI=1S/C19H15F3N2O3S/c1-2-24-15(14-5-3-4-6-16(14)27-19(20,21)22)11-28-18(24)23-13-9-7-12(8-10-13)17(25)26/h3-11H,2H2,1H3,(H,25,26). The highest BCUT2D eigenvalue weighted by Crippen LogP contribution is 2.34. The number of aromatic nitrogens is 1. The highest BCUT2D eigenvalue weighted by atomic mass is 32.1. The summed E-state index contributed by atoms with van der Waals surface area (Å²) < 4.78 is 44.1. The second-order valence-electron chi connectivity index (χ2n) is 5.66. The van der Waals surface area contributed by atoms with Crippen LogP contribution in [0.1, 0.15) is 17.3 Å². The molecule has 0 saturated heterocycles. The zero-order chi connectivity index (χ0) is 20.3. The Balaban J connectivity index is 2.05. The van der Waals surface area contributed by atoms with E-state index in [1.165, 1.54) is 35.6 Å². The lowest BCUT2D eigenvalue weighted by Crippen LogP contribution is -2.18. The fraction of sp³-hybridized carbons (Fsp3) is 0.158. The Hall–Kier alpha value is -3.07. The Kier molecular flexibility index (Phi) is 5.55. The third-order valence-corrected chi connectivity index (χ3v) is 4.71. The van der Waals surface area contributed by atoms with Crippen LogP contribution >= 0.6 is 11.3 Å². The summed E-state index contributed by atoms with van der Waals surface area (Å²) >= 11 is 1.27. The van der Waals surface area contributed by atoms with Gasteiger partial charge in [-0.05, 0) is 43.3 Å². The summed E-state index contributed by atoms with van der Waals surface area (Å²) in [5, 5.41) is 10.7. The summed E-state index contributed by atoms with van der Waals surface area (Å²) in [5.41, 5.74) is 1.54. The van der Waals surface area contributed by atoms with E-state index in [1.54, 1.807) is 34.2 Å². The zero-order valence-electron chi connectivity index (χ0n) is 14.6. The van der Waals surface area contributed by atoms with E-state index in [-0.39, 0.29) is 11.3 Å². The van der Waals surface area contributed by atoms with E-state index >= 15 is 0 Å². The van der Waals surface area contributed by atoms with E-state index in [9.17, 15) is 18.0 Å². The van der Waals surface area contributed by atoms with Crippen LogP contribution in [0.3, 0.4) is 0 Å². The molecule has 0 amide bonds. The third-order valence-electron chi connectivity index (χ3n) is 3.84. The molecule has 5 nitrogen and oxygen atoms in total. The molecular formula is C19H15F3N2O3S. The predicted molar refractivity (Wildman–Crippen MR) is 98.7 cm³/mol. The van der Waals surface area contributed by atoms with Crippen molar-refractivity contribution in [3.05, 3.63) is 64.3 Å². The zero-order valence-corrected chi connectivity index (χ0v) is 15.4. The summed E-state index contributed by atoms with van der Waals surface area (Å²) in [5.74, 6) is -1.32. The summed E-state index contributed by atoms with van der Waals surface area (Å²) in [7, 11) is 0. The van der Waals surface area contributed by atoms with Gasteiger partial charge in [-0.15, -0.1) is 24.5 Å². The number of ether oxygens (including phenoxy) is 1. The smallest absolute Gasteiger partial charge is 0.478 e. The van der Waals surface area contributed by atoms with E-state index < -0.39 is 12.3 Å². The van der Waals surface area contributed by atoms with Gasteiger partial charge in [0.2, 0.25) is 0 Å². The second kappa shape index (κ2) is 7.89. The minimum atomic E-state index is -4.79. The molecule has 0 atom stereocenters. The number of halogens is 3. The van der Waals surface area contributed by atoms with E-state index in [2.05, 4.69) is 9.73 Å². The molecule has 0 aliphatic rings. The number of carboxylic acid groups (broad SMARTS) is 1. The molecule has 0 spiro atoms. The molecular weight excluding hydrogens is 393 g/mol. The number of rotatable bonds is 5. The summed E-state index contributed by atoms with van der Waals surface area (Å²) in [4.78, 5) is 16.0. The van der Waals surface area contributed by atoms with Crippen LogP contribution in [0.4, 0.5) is 18.9 Å². The van der Waals surface area contributed by atoms with E-state index in [0.29, 0.717) is 28.3 Å². The molecule has 1 N–H and O–H groups in total. The van der Waals surface area contributed by atoms with Gasteiger partial charge in [0.25, 0.3) is 0 Å². The van der Waals surface area contributed by atoms with Crippen LogP contribution in [0.5, 0.6) is 5.75 Å². The lowest BCUT2D eigenvalue weighted by atomic mass is 10.1. The average Bonchev–Trinajstić information content (AvgIpc) is 3.03. The summed E-state index contributed by atoms with van der Waals surface area (Å²) in [6.07, 6.45) is -4.79. The predicted octanol–water partition coefficient (Wildman–Crippen LogP) is 5.07. The van der Waals surface area contributed by atoms with E-state index in [1.807, 2.05) is 6.92 Å². The topological polar surface area (TPSA) is 63.8 Å². The normalized spacial score (nSPS) is 12.2. The van der Waals surface area contributed by atoms with E-state index in [0.717, 1.165) is 0 Å². The number of aromatic carboxylic acids is 1. The highest BCUT2D eigenvalue weighted by Gasteiger charge is 2.32. The fourth-order valence-corrected chi connectivity index (χ4v) is 3.60. The molecule has 1 aromatic heterocycles. The Bertz CT molecular complexity index is 1050. The number of carboxylic acids is 1. The van der Waals surface area contributed by atoms with Gasteiger partial charge in [-0.25, -0.2) is 9.79 Å². The molecule has 0 saturated carbocycles. The summed E-state index contributed by atoms with van der Waals surface area (Å²) in [6.45, 7) is 2.33. The first-order valence-electron chi connectivity index (χ1n) is 8.20. The summed E-state index contributed by atoms with van der Waals surface area (Å²) in [6, 6.07) is 12.0. The Morgan fingerprint density at radius 1 is 1.18 bits per heavy atom. The van der Waals surface area contributed by atoms with Crippen LogP contribution in [0.15, 0.2) is 58.9 Å². The SMILES string of the molecule is CCn1c(-c2ccccc2OC(F)(F)F)csc1=Nc1ccc(C(=O)O)cc1. The van der Waals surface area contributed by atoms with Gasteiger partial charge >= 0.3 is 12.3 Å². The van der Waals surface area contributed by atoms with Gasteiger partial charge in [0.05, 0.1) is 16.9 Å². The van der Waals surface area contributed by atoms with Gasteiger partial charge in [-0.1, -0.05) is 12.1 Å². The minimum Gasteiger partial charge on any atom is -0.478 e. The fourth-order valence-electron chi connectivity index (χ4n) is 2.62. The van der Waals surface area contributed by atoms with Crippen molar-refractivity contribution >= 4 is 23.0 Å². The quantitative estimate of drug-likeness (QED) is 0.641. The van der Waals surface area contributed by atoms with Crippen LogP contribution in [0.2, 0.25) is 0 Å². The van der Waals surface area contributed by atoms with Gasteiger partial charge in [0.15, 0.2) is 4.80 Å². The number of para-hydroxylation sites is 1. The minimum absolute atomic E-state index is 0.146. The highest BCUT2D eigenvalue weighted by molar-refractivity contribution is 7.07. The number of thiazole rings is 1. The van der Waals surface area contributed by atoms with Crippen LogP contribution in [-0.4, -0.2) is 22.0 Å². The Labute approximate surface area is 162 Å². The van der Waals surface area contributed by atoms with Crippen molar-refractivity contribution in [3.8, 4) is 17.0 Å².